The molecule has 0 atom stereocenters. The molecule has 0 saturated heterocycles. The number of ketones is 1. The molecule has 1 aromatic rings. The summed E-state index contributed by atoms with van der Waals surface area (Å²) in [5.41, 5.74) is 0.311. The molecule has 5 heteroatoms. The molecule has 0 radical (unpaired) electrons. The van der Waals surface area contributed by atoms with Gasteiger partial charge in [0.15, 0.2) is 0 Å². The van der Waals surface area contributed by atoms with Gasteiger partial charge in [-0.3, -0.25) is 9.59 Å². The quantitative estimate of drug-likeness (QED) is 0.487. The Kier molecular flexibility index (Phi) is 3.57. The highest BCUT2D eigenvalue weighted by atomic mass is 79.9. The molecular formula is C12H11BrFNO2. The summed E-state index contributed by atoms with van der Waals surface area (Å²) in [6.07, 6.45) is 1.61. The van der Waals surface area contributed by atoms with Gasteiger partial charge < -0.3 is 4.90 Å². The Hall–Kier alpha value is -1.23. The van der Waals surface area contributed by atoms with E-state index in [1.807, 2.05) is 0 Å². The smallest absolute Gasteiger partial charge is 0.299 e. The maximum absolute atomic E-state index is 13.6. The van der Waals surface area contributed by atoms with E-state index in [0.717, 1.165) is 18.2 Å². The van der Waals surface area contributed by atoms with E-state index >= 15 is 0 Å². The van der Waals surface area contributed by atoms with Crippen molar-refractivity contribution in [2.45, 2.75) is 12.8 Å². The molecule has 90 valence electrons. The number of para-hydroxylation sites is 1. The second-order valence-electron chi connectivity index (χ2n) is 3.82. The number of fused-ring (bicyclic) bond motifs is 1. The predicted molar refractivity (Wildman–Crippen MR) is 66.1 cm³/mol. The maximum Gasteiger partial charge on any atom is 0.299 e. The summed E-state index contributed by atoms with van der Waals surface area (Å²) in [6, 6.07) is 4.20. The minimum atomic E-state index is -0.625. The topological polar surface area (TPSA) is 37.4 Å². The fraction of sp³-hybridized carbons (Fsp3) is 0.333. The lowest BCUT2D eigenvalue weighted by Gasteiger charge is -2.16. The van der Waals surface area contributed by atoms with E-state index in [4.69, 9.17) is 0 Å². The Morgan fingerprint density at radius 1 is 1.24 bits per heavy atom. The molecule has 1 heterocycles. The lowest BCUT2D eigenvalue weighted by molar-refractivity contribution is -0.114. The lowest BCUT2D eigenvalue weighted by Crippen LogP contribution is -2.31. The van der Waals surface area contributed by atoms with Crippen LogP contribution in [0.5, 0.6) is 0 Å². The van der Waals surface area contributed by atoms with Gasteiger partial charge in [-0.15, -0.1) is 0 Å². The third kappa shape index (κ3) is 2.11. The summed E-state index contributed by atoms with van der Waals surface area (Å²) >= 11 is 3.29. The SMILES string of the molecule is O=C1C(=O)N(CCCCBr)c2c(F)cccc21. The Bertz CT molecular complexity index is 476. The number of unbranched alkanes of at least 4 members (excludes halogenated alkanes) is 1. The van der Waals surface area contributed by atoms with Crippen molar-refractivity contribution in [1.29, 1.82) is 0 Å². The van der Waals surface area contributed by atoms with Crippen molar-refractivity contribution >= 4 is 33.3 Å². The molecular weight excluding hydrogens is 289 g/mol. The van der Waals surface area contributed by atoms with Crippen LogP contribution in [-0.2, 0) is 4.79 Å². The molecule has 3 nitrogen and oxygen atoms in total. The zero-order valence-corrected chi connectivity index (χ0v) is 10.7. The number of amides is 1. The second-order valence-corrected chi connectivity index (χ2v) is 4.61. The number of rotatable bonds is 4. The van der Waals surface area contributed by atoms with E-state index in [2.05, 4.69) is 15.9 Å². The molecule has 0 fully saturated rings. The van der Waals surface area contributed by atoms with Crippen molar-refractivity contribution < 1.29 is 14.0 Å². The minimum absolute atomic E-state index is 0.136. The highest BCUT2D eigenvalue weighted by Gasteiger charge is 2.37. The number of carbonyl (C=O) groups is 2. The van der Waals surface area contributed by atoms with Gasteiger partial charge in [0.25, 0.3) is 11.7 Å². The van der Waals surface area contributed by atoms with Gasteiger partial charge >= 0.3 is 0 Å². The molecule has 1 amide bonds. The van der Waals surface area contributed by atoms with E-state index in [-0.39, 0.29) is 11.3 Å². The normalized spacial score (nSPS) is 14.4. The van der Waals surface area contributed by atoms with Gasteiger partial charge in [0.2, 0.25) is 0 Å². The number of hydrogen-bond donors (Lipinski definition) is 0. The number of carbonyl (C=O) groups excluding carboxylic acids is 2. The van der Waals surface area contributed by atoms with Gasteiger partial charge in [-0.1, -0.05) is 22.0 Å². The molecule has 0 spiro atoms. The third-order valence-electron chi connectivity index (χ3n) is 2.71. The van der Waals surface area contributed by atoms with E-state index in [1.165, 1.54) is 23.1 Å². The first-order valence-corrected chi connectivity index (χ1v) is 6.49. The molecule has 0 aliphatic carbocycles. The summed E-state index contributed by atoms with van der Waals surface area (Å²) in [7, 11) is 0. The van der Waals surface area contributed by atoms with Crippen molar-refractivity contribution in [2.24, 2.45) is 0 Å². The third-order valence-corrected chi connectivity index (χ3v) is 3.27. The number of Topliss-reactive ketones (excluding diaryl/α,β-unsaturated/α-hetero) is 1. The fourth-order valence-corrected chi connectivity index (χ4v) is 2.29. The minimum Gasteiger partial charge on any atom is -0.302 e. The van der Waals surface area contributed by atoms with Crippen LogP contribution in [0.2, 0.25) is 0 Å². The molecule has 0 unspecified atom stereocenters. The van der Waals surface area contributed by atoms with Crippen LogP contribution in [0.1, 0.15) is 23.2 Å². The second kappa shape index (κ2) is 4.96. The van der Waals surface area contributed by atoms with Gasteiger partial charge in [-0.25, -0.2) is 4.39 Å². The highest BCUT2D eigenvalue weighted by molar-refractivity contribution is 9.09. The summed E-state index contributed by atoms with van der Waals surface area (Å²) in [5, 5.41) is 0.826. The Morgan fingerprint density at radius 3 is 2.71 bits per heavy atom. The van der Waals surface area contributed by atoms with Gasteiger partial charge in [-0.2, -0.15) is 0 Å². The summed E-state index contributed by atoms with van der Waals surface area (Å²) in [4.78, 5) is 24.6. The zero-order chi connectivity index (χ0) is 12.4. The predicted octanol–water partition coefficient (Wildman–Crippen LogP) is 2.53. The molecule has 0 saturated carbocycles. The number of hydrogen-bond acceptors (Lipinski definition) is 2. The van der Waals surface area contributed by atoms with Crippen molar-refractivity contribution in [2.75, 3.05) is 16.8 Å². The van der Waals surface area contributed by atoms with Crippen LogP contribution < -0.4 is 4.90 Å². The van der Waals surface area contributed by atoms with Crippen LogP contribution in [0, 0.1) is 5.82 Å². The number of nitrogens with zero attached hydrogens (tertiary/aromatic N) is 1. The molecule has 0 N–H and O–H groups in total. The molecule has 0 bridgehead atoms. The number of alkyl halides is 1. The van der Waals surface area contributed by atoms with E-state index < -0.39 is 17.5 Å². The first-order chi connectivity index (χ1) is 8.16. The average Bonchev–Trinajstić information content (AvgIpc) is 2.56. The molecule has 17 heavy (non-hydrogen) atoms. The Morgan fingerprint density at radius 2 is 2.00 bits per heavy atom. The summed E-state index contributed by atoms with van der Waals surface area (Å²) in [6.45, 7) is 0.379. The largest absolute Gasteiger partial charge is 0.302 e. The molecule has 0 aromatic heterocycles. The van der Waals surface area contributed by atoms with Gasteiger partial charge in [-0.05, 0) is 25.0 Å². The van der Waals surface area contributed by atoms with Crippen LogP contribution in [0.25, 0.3) is 0 Å². The monoisotopic (exact) mass is 299 g/mol. The Balaban J connectivity index is 2.30. The van der Waals surface area contributed by atoms with Crippen molar-refractivity contribution in [1.82, 2.24) is 0 Å². The van der Waals surface area contributed by atoms with Crippen molar-refractivity contribution in [3.63, 3.8) is 0 Å². The van der Waals surface area contributed by atoms with Crippen LogP contribution >= 0.6 is 15.9 Å². The van der Waals surface area contributed by atoms with Crippen LogP contribution in [-0.4, -0.2) is 23.6 Å². The average molecular weight is 300 g/mol. The standard InChI is InChI=1S/C12H11BrFNO2/c13-6-1-2-7-15-10-8(11(16)12(15)17)4-3-5-9(10)14/h3-5H,1-2,6-7H2. The van der Waals surface area contributed by atoms with Crippen molar-refractivity contribution in [3.05, 3.63) is 29.6 Å². The maximum atomic E-state index is 13.6. The molecule has 1 aliphatic rings. The fourth-order valence-electron chi connectivity index (χ4n) is 1.89. The first kappa shape index (κ1) is 12.2. The van der Waals surface area contributed by atoms with Gasteiger partial charge in [0, 0.05) is 11.9 Å². The molecule has 2 rings (SSSR count). The first-order valence-electron chi connectivity index (χ1n) is 5.37. The van der Waals surface area contributed by atoms with E-state index in [1.54, 1.807) is 0 Å². The zero-order valence-electron chi connectivity index (χ0n) is 9.08. The van der Waals surface area contributed by atoms with Crippen LogP contribution in [0.4, 0.5) is 10.1 Å². The van der Waals surface area contributed by atoms with Crippen LogP contribution in [0.3, 0.4) is 0 Å². The van der Waals surface area contributed by atoms with Gasteiger partial charge in [0.1, 0.15) is 5.82 Å². The molecule has 1 aliphatic heterocycles. The number of anilines is 1. The van der Waals surface area contributed by atoms with Crippen LogP contribution in [0.15, 0.2) is 18.2 Å². The summed E-state index contributed by atoms with van der Waals surface area (Å²) in [5.74, 6) is -1.75. The van der Waals surface area contributed by atoms with E-state index in [9.17, 15) is 14.0 Å². The summed E-state index contributed by atoms with van der Waals surface area (Å²) < 4.78 is 13.6. The number of benzene rings is 1. The van der Waals surface area contributed by atoms with E-state index in [0.29, 0.717) is 6.54 Å². The lowest BCUT2D eigenvalue weighted by atomic mass is 10.1. The van der Waals surface area contributed by atoms with Crippen molar-refractivity contribution in [3.8, 4) is 0 Å². The Labute approximate surface area is 107 Å². The highest BCUT2D eigenvalue weighted by Crippen LogP contribution is 2.31. The number of halogens is 2. The van der Waals surface area contributed by atoms with Gasteiger partial charge in [0.05, 0.1) is 11.3 Å². The molecule has 1 aromatic carbocycles.